The van der Waals surface area contributed by atoms with Crippen molar-refractivity contribution < 1.29 is 4.79 Å². The zero-order chi connectivity index (χ0) is 22.2. The van der Waals surface area contributed by atoms with Crippen LogP contribution in [0.2, 0.25) is 0 Å². The van der Waals surface area contributed by atoms with Crippen LogP contribution in [0.4, 0.5) is 5.82 Å². The van der Waals surface area contributed by atoms with Crippen LogP contribution in [0.25, 0.3) is 5.69 Å². The van der Waals surface area contributed by atoms with Gasteiger partial charge in [-0.3, -0.25) is 4.79 Å². The van der Waals surface area contributed by atoms with E-state index in [2.05, 4.69) is 59.7 Å². The summed E-state index contributed by atoms with van der Waals surface area (Å²) in [5, 5.41) is 0. The summed E-state index contributed by atoms with van der Waals surface area (Å²) in [5.74, 6) is 1.97. The average molecular weight is 429 g/mol. The molecule has 166 valence electrons. The van der Waals surface area contributed by atoms with E-state index in [9.17, 15) is 4.79 Å². The summed E-state index contributed by atoms with van der Waals surface area (Å²) in [6, 6.07) is 14.7. The number of pyridine rings is 1. The summed E-state index contributed by atoms with van der Waals surface area (Å²) in [4.78, 5) is 22.5. The number of hydrogen-bond acceptors (Lipinski definition) is 3. The summed E-state index contributed by atoms with van der Waals surface area (Å²) < 4.78 is 2.15. The van der Waals surface area contributed by atoms with Crippen molar-refractivity contribution in [2.75, 3.05) is 24.5 Å². The van der Waals surface area contributed by atoms with Gasteiger partial charge in [0.25, 0.3) is 5.91 Å². The van der Waals surface area contributed by atoms with Crippen LogP contribution in [0.1, 0.15) is 52.6 Å². The molecular weight excluding hydrogens is 396 g/mol. The Hall–Kier alpha value is -3.08. The number of anilines is 1. The van der Waals surface area contributed by atoms with Crippen LogP contribution in [0.5, 0.6) is 0 Å². The molecule has 2 aliphatic heterocycles. The molecule has 0 N–H and O–H groups in total. The lowest BCUT2D eigenvalue weighted by molar-refractivity contribution is 0.0734. The topological polar surface area (TPSA) is 41.4 Å². The van der Waals surface area contributed by atoms with E-state index in [0.717, 1.165) is 60.4 Å². The number of hydrogen-bond donors (Lipinski definition) is 0. The highest BCUT2D eigenvalue weighted by molar-refractivity contribution is 5.96. The molecule has 5 heteroatoms. The number of nitrogens with zero attached hydrogens (tertiary/aromatic N) is 4. The Morgan fingerprint density at radius 3 is 2.47 bits per heavy atom. The maximum absolute atomic E-state index is 13.4. The van der Waals surface area contributed by atoms with Crippen LogP contribution in [-0.2, 0) is 13.0 Å². The monoisotopic (exact) mass is 428 g/mol. The van der Waals surface area contributed by atoms with Crippen LogP contribution in [0.3, 0.4) is 0 Å². The number of carbonyl (C=O) groups excluding carboxylic acids is 1. The van der Waals surface area contributed by atoms with Crippen molar-refractivity contribution >= 4 is 11.7 Å². The van der Waals surface area contributed by atoms with Gasteiger partial charge >= 0.3 is 0 Å². The molecule has 1 saturated heterocycles. The molecule has 0 saturated carbocycles. The van der Waals surface area contributed by atoms with Crippen molar-refractivity contribution in [1.82, 2.24) is 14.5 Å². The first-order chi connectivity index (χ1) is 15.5. The van der Waals surface area contributed by atoms with Gasteiger partial charge in [-0.25, -0.2) is 4.98 Å². The Bertz CT molecular complexity index is 1120. The minimum Gasteiger partial charge on any atom is -0.357 e. The third-order valence-corrected chi connectivity index (χ3v) is 7.18. The predicted molar refractivity (Wildman–Crippen MR) is 129 cm³/mol. The molecule has 2 aromatic heterocycles. The Morgan fingerprint density at radius 2 is 1.75 bits per heavy atom. The fraction of sp³-hybridized carbons (Fsp3) is 0.407. The number of aromatic nitrogens is 2. The van der Waals surface area contributed by atoms with E-state index in [-0.39, 0.29) is 5.91 Å². The van der Waals surface area contributed by atoms with E-state index in [1.165, 1.54) is 24.0 Å². The molecule has 5 rings (SSSR count). The number of aryl methyl sites for hydroxylation is 1. The summed E-state index contributed by atoms with van der Waals surface area (Å²) in [6.07, 6.45) is 5.32. The second-order valence-electron chi connectivity index (χ2n) is 9.41. The Kier molecular flexibility index (Phi) is 5.50. The molecule has 5 nitrogen and oxygen atoms in total. The number of amides is 1. The maximum Gasteiger partial charge on any atom is 0.256 e. The second kappa shape index (κ2) is 8.45. The average Bonchev–Trinajstić information content (AvgIpc) is 3.12. The molecule has 0 atom stereocenters. The predicted octanol–water partition coefficient (Wildman–Crippen LogP) is 4.92. The first-order valence-electron chi connectivity index (χ1n) is 11.8. The van der Waals surface area contributed by atoms with Crippen LogP contribution >= 0.6 is 0 Å². The van der Waals surface area contributed by atoms with Gasteiger partial charge in [0.2, 0.25) is 0 Å². The molecule has 0 unspecified atom stereocenters. The van der Waals surface area contributed by atoms with Crippen molar-refractivity contribution in [3.8, 4) is 5.69 Å². The first-order valence-corrected chi connectivity index (χ1v) is 11.8. The lowest BCUT2D eigenvalue weighted by Gasteiger charge is -2.31. The van der Waals surface area contributed by atoms with Gasteiger partial charge in [0.05, 0.1) is 17.4 Å². The highest BCUT2D eigenvalue weighted by Gasteiger charge is 2.25. The van der Waals surface area contributed by atoms with E-state index >= 15 is 0 Å². The third kappa shape index (κ3) is 3.81. The fourth-order valence-corrected chi connectivity index (χ4v) is 5.15. The first kappa shape index (κ1) is 20.8. The fourth-order valence-electron chi connectivity index (χ4n) is 5.15. The van der Waals surface area contributed by atoms with Crippen LogP contribution in [-0.4, -0.2) is 40.0 Å². The van der Waals surface area contributed by atoms with Gasteiger partial charge in [0.1, 0.15) is 5.82 Å². The van der Waals surface area contributed by atoms with E-state index in [1.807, 2.05) is 24.1 Å². The summed E-state index contributed by atoms with van der Waals surface area (Å²) >= 11 is 0. The number of rotatable bonds is 3. The minimum atomic E-state index is 0.117. The lowest BCUT2D eigenvalue weighted by Crippen LogP contribution is -2.36. The Morgan fingerprint density at radius 1 is 1.00 bits per heavy atom. The van der Waals surface area contributed by atoms with Crippen LogP contribution in [0, 0.1) is 19.8 Å². The van der Waals surface area contributed by atoms with Gasteiger partial charge in [-0.2, -0.15) is 0 Å². The Balaban J connectivity index is 1.37. The molecule has 2 aliphatic rings. The number of benzene rings is 1. The quantitative estimate of drug-likeness (QED) is 0.594. The van der Waals surface area contributed by atoms with Crippen molar-refractivity contribution in [3.63, 3.8) is 0 Å². The lowest BCUT2D eigenvalue weighted by atomic mass is 9.99. The molecule has 0 radical (unpaired) electrons. The number of fused-ring (bicyclic) bond motifs is 1. The molecular formula is C27H32N4O. The van der Waals surface area contributed by atoms with Gasteiger partial charge in [-0.15, -0.1) is 0 Å². The van der Waals surface area contributed by atoms with Gasteiger partial charge < -0.3 is 14.4 Å². The minimum absolute atomic E-state index is 0.117. The highest BCUT2D eigenvalue weighted by Crippen LogP contribution is 2.27. The normalized spacial score (nSPS) is 16.8. The summed E-state index contributed by atoms with van der Waals surface area (Å²) in [7, 11) is 0. The van der Waals surface area contributed by atoms with Crippen LogP contribution < -0.4 is 4.90 Å². The summed E-state index contributed by atoms with van der Waals surface area (Å²) in [6.45, 7) is 10.0. The van der Waals surface area contributed by atoms with Gasteiger partial charge in [-0.1, -0.05) is 31.2 Å². The number of piperidine rings is 1. The second-order valence-corrected chi connectivity index (χ2v) is 9.41. The van der Waals surface area contributed by atoms with Gasteiger partial charge in [0, 0.05) is 37.6 Å². The molecule has 1 fully saturated rings. The van der Waals surface area contributed by atoms with Crippen molar-refractivity contribution in [2.24, 2.45) is 5.92 Å². The third-order valence-electron chi connectivity index (χ3n) is 7.18. The standard InChI is InChI=1S/C27H32N4O/c1-19-10-13-29(14-11-19)26-9-8-24(17-28-26)31-20(2)16-25(21(31)3)27(32)30-15-12-22-6-4-5-7-23(22)18-30/h4-9,16-17,19H,10-15,18H2,1-3H3. The number of carbonyl (C=O) groups is 1. The zero-order valence-corrected chi connectivity index (χ0v) is 19.3. The molecule has 1 amide bonds. The van der Waals surface area contributed by atoms with Gasteiger partial charge in [0.15, 0.2) is 0 Å². The zero-order valence-electron chi connectivity index (χ0n) is 19.3. The molecule has 0 spiro atoms. The van der Waals surface area contributed by atoms with E-state index in [1.54, 1.807) is 0 Å². The largest absolute Gasteiger partial charge is 0.357 e. The van der Waals surface area contributed by atoms with E-state index in [4.69, 9.17) is 4.98 Å². The summed E-state index contributed by atoms with van der Waals surface area (Å²) in [5.41, 5.74) is 6.45. The molecule has 1 aromatic carbocycles. The SMILES string of the molecule is Cc1cc(C(=O)N2CCc3ccccc3C2)c(C)n1-c1ccc(N2CCC(C)CC2)nc1. The molecule has 0 aliphatic carbocycles. The molecule has 0 bridgehead atoms. The molecule has 3 aromatic rings. The van der Waals surface area contributed by atoms with E-state index < -0.39 is 0 Å². The van der Waals surface area contributed by atoms with Crippen molar-refractivity contribution in [3.05, 3.63) is 76.7 Å². The van der Waals surface area contributed by atoms with Gasteiger partial charge in [-0.05, 0) is 68.4 Å². The molecule has 32 heavy (non-hydrogen) atoms. The Labute approximate surface area is 190 Å². The smallest absolute Gasteiger partial charge is 0.256 e. The van der Waals surface area contributed by atoms with Crippen molar-refractivity contribution in [1.29, 1.82) is 0 Å². The van der Waals surface area contributed by atoms with Crippen LogP contribution in [0.15, 0.2) is 48.7 Å². The van der Waals surface area contributed by atoms with E-state index in [0.29, 0.717) is 6.54 Å². The maximum atomic E-state index is 13.4. The highest BCUT2D eigenvalue weighted by atomic mass is 16.2. The molecule has 4 heterocycles. The van der Waals surface area contributed by atoms with Crippen molar-refractivity contribution in [2.45, 2.75) is 46.6 Å².